The number of oxazole rings is 1. The molecule has 0 radical (unpaired) electrons. The van der Waals surface area contributed by atoms with Crippen LogP contribution in [0.3, 0.4) is 0 Å². The summed E-state index contributed by atoms with van der Waals surface area (Å²) in [5, 5.41) is 2.80. The van der Waals surface area contributed by atoms with Crippen molar-refractivity contribution in [3.8, 4) is 11.5 Å². The van der Waals surface area contributed by atoms with Crippen molar-refractivity contribution in [1.29, 1.82) is 0 Å². The fourth-order valence-electron chi connectivity index (χ4n) is 3.43. The quantitative estimate of drug-likeness (QED) is 0.437. The number of hydrogen-bond donors (Lipinski definition) is 1. The van der Waals surface area contributed by atoms with Gasteiger partial charge in [0.25, 0.3) is 0 Å². The molecule has 1 heterocycles. The number of hydrogen-bond acceptors (Lipinski definition) is 5. The maximum atomic E-state index is 12.9. The summed E-state index contributed by atoms with van der Waals surface area (Å²) in [5.74, 6) is 0.746. The first-order valence-electron chi connectivity index (χ1n) is 11.3. The van der Waals surface area contributed by atoms with Crippen LogP contribution >= 0.6 is 0 Å². The van der Waals surface area contributed by atoms with Crippen molar-refractivity contribution in [2.75, 3.05) is 26.2 Å². The second-order valence-corrected chi connectivity index (χ2v) is 7.90. The van der Waals surface area contributed by atoms with Gasteiger partial charge in [0.2, 0.25) is 11.8 Å². The molecule has 0 saturated carbocycles. The Morgan fingerprint density at radius 2 is 1.73 bits per heavy atom. The maximum absolute atomic E-state index is 12.9. The van der Waals surface area contributed by atoms with Crippen molar-refractivity contribution in [3.05, 3.63) is 76.9 Å². The number of halogens is 1. The topological polar surface area (TPSA) is 67.6 Å². The third-order valence-corrected chi connectivity index (χ3v) is 5.52. The van der Waals surface area contributed by atoms with Crippen molar-refractivity contribution in [2.24, 2.45) is 0 Å². The number of benzene rings is 2. The van der Waals surface area contributed by atoms with Crippen LogP contribution in [0.5, 0.6) is 0 Å². The molecule has 0 atom stereocenters. The molecule has 7 heteroatoms. The van der Waals surface area contributed by atoms with Gasteiger partial charge in [-0.1, -0.05) is 38.1 Å². The molecule has 6 nitrogen and oxygen atoms in total. The number of aromatic nitrogens is 1. The highest BCUT2D eigenvalue weighted by Crippen LogP contribution is 2.23. The molecule has 0 aliphatic heterocycles. The van der Waals surface area contributed by atoms with Crippen molar-refractivity contribution in [3.63, 3.8) is 0 Å². The zero-order chi connectivity index (χ0) is 23.6. The third kappa shape index (κ3) is 7.51. The van der Waals surface area contributed by atoms with Crippen molar-refractivity contribution in [1.82, 2.24) is 15.2 Å². The normalized spacial score (nSPS) is 11.2. The highest BCUT2D eigenvalue weighted by molar-refractivity contribution is 5.77. The van der Waals surface area contributed by atoms with E-state index in [1.807, 2.05) is 19.1 Å². The third-order valence-electron chi connectivity index (χ3n) is 5.52. The highest BCUT2D eigenvalue weighted by Gasteiger charge is 2.13. The Balaban J connectivity index is 1.44. The molecule has 2 aromatic carbocycles. The van der Waals surface area contributed by atoms with Crippen LogP contribution in [0.2, 0.25) is 0 Å². The average Bonchev–Trinajstić information content (AvgIpc) is 3.19. The lowest BCUT2D eigenvalue weighted by Crippen LogP contribution is -2.29. The first kappa shape index (κ1) is 24.6. The summed E-state index contributed by atoms with van der Waals surface area (Å²) in [6.45, 7) is 9.72. The second-order valence-electron chi connectivity index (χ2n) is 7.90. The van der Waals surface area contributed by atoms with Gasteiger partial charge in [-0.3, -0.25) is 9.69 Å². The Bertz CT molecular complexity index is 1010. The molecule has 33 heavy (non-hydrogen) atoms. The van der Waals surface area contributed by atoms with Gasteiger partial charge in [0, 0.05) is 18.7 Å². The first-order valence-corrected chi connectivity index (χ1v) is 11.3. The van der Waals surface area contributed by atoms with Crippen LogP contribution in [-0.2, 0) is 29.1 Å². The lowest BCUT2D eigenvalue weighted by Gasteiger charge is -2.17. The molecule has 0 saturated heterocycles. The molecule has 1 amide bonds. The number of carbonyl (C=O) groups is 1. The predicted octanol–water partition coefficient (Wildman–Crippen LogP) is 4.51. The minimum absolute atomic E-state index is 0.0644. The van der Waals surface area contributed by atoms with E-state index in [2.05, 4.69) is 41.2 Å². The Morgan fingerprint density at radius 1 is 1.06 bits per heavy atom. The van der Waals surface area contributed by atoms with Crippen LogP contribution in [0.15, 0.2) is 52.9 Å². The number of amides is 1. The van der Waals surface area contributed by atoms with E-state index in [1.165, 1.54) is 17.7 Å². The predicted molar refractivity (Wildman–Crippen MR) is 126 cm³/mol. The summed E-state index contributed by atoms with van der Waals surface area (Å²) in [6, 6.07) is 14.5. The Labute approximate surface area is 194 Å². The summed E-state index contributed by atoms with van der Waals surface area (Å²) in [5.41, 5.74) is 3.80. The van der Waals surface area contributed by atoms with E-state index in [-0.39, 0.29) is 24.9 Å². The summed E-state index contributed by atoms with van der Waals surface area (Å²) in [7, 11) is 0. The van der Waals surface area contributed by atoms with E-state index >= 15 is 0 Å². The molecule has 1 aromatic heterocycles. The molecule has 0 unspecified atom stereocenters. The lowest BCUT2D eigenvalue weighted by atomic mass is 10.1. The smallest absolute Gasteiger partial charge is 0.246 e. The Kier molecular flexibility index (Phi) is 9.15. The lowest BCUT2D eigenvalue weighted by molar-refractivity contribution is -0.126. The zero-order valence-electron chi connectivity index (χ0n) is 19.6. The van der Waals surface area contributed by atoms with Crippen molar-refractivity contribution >= 4 is 5.91 Å². The van der Waals surface area contributed by atoms with Crippen LogP contribution in [0.1, 0.15) is 36.4 Å². The standard InChI is InChI=1S/C26H32FN3O3/c1-4-30(5-2)16-21-6-10-22(11-7-21)26-29-24(19(3)33-26)17-32-18-25(31)28-15-14-20-8-12-23(27)13-9-20/h6-13H,4-5,14-18H2,1-3H3,(H,28,31). The molecular formula is C26H32FN3O3. The Morgan fingerprint density at radius 3 is 2.39 bits per heavy atom. The van der Waals surface area contributed by atoms with E-state index in [0.29, 0.717) is 30.3 Å². The largest absolute Gasteiger partial charge is 0.441 e. The summed E-state index contributed by atoms with van der Waals surface area (Å²) in [6.07, 6.45) is 0.630. The summed E-state index contributed by atoms with van der Waals surface area (Å²) >= 11 is 0. The molecule has 0 aliphatic carbocycles. The zero-order valence-corrected chi connectivity index (χ0v) is 19.6. The second kappa shape index (κ2) is 12.3. The number of ether oxygens (including phenoxy) is 1. The monoisotopic (exact) mass is 453 g/mol. The van der Waals surface area contributed by atoms with Gasteiger partial charge in [-0.05, 0) is 61.8 Å². The summed E-state index contributed by atoms with van der Waals surface area (Å²) < 4.78 is 24.3. The van der Waals surface area contributed by atoms with Gasteiger partial charge < -0.3 is 14.5 Å². The molecule has 3 aromatic rings. The van der Waals surface area contributed by atoms with Crippen LogP contribution in [0.25, 0.3) is 11.5 Å². The van der Waals surface area contributed by atoms with Crippen LogP contribution in [-0.4, -0.2) is 42.0 Å². The molecule has 176 valence electrons. The number of nitrogens with one attached hydrogen (secondary N) is 1. The van der Waals surface area contributed by atoms with Crippen LogP contribution in [0, 0.1) is 12.7 Å². The minimum Gasteiger partial charge on any atom is -0.441 e. The number of nitrogens with zero attached hydrogens (tertiary/aromatic N) is 2. The number of aryl methyl sites for hydroxylation is 1. The van der Waals surface area contributed by atoms with Gasteiger partial charge >= 0.3 is 0 Å². The highest BCUT2D eigenvalue weighted by atomic mass is 19.1. The number of rotatable bonds is 12. The molecule has 0 bridgehead atoms. The van der Waals surface area contributed by atoms with Crippen LogP contribution in [0.4, 0.5) is 4.39 Å². The average molecular weight is 454 g/mol. The fraction of sp³-hybridized carbons (Fsp3) is 0.385. The van der Waals surface area contributed by atoms with Gasteiger partial charge in [0.1, 0.15) is 23.9 Å². The van der Waals surface area contributed by atoms with E-state index in [0.717, 1.165) is 30.8 Å². The minimum atomic E-state index is -0.269. The SMILES string of the molecule is CCN(CC)Cc1ccc(-c2nc(COCC(=O)NCCc3ccc(F)cc3)c(C)o2)cc1. The van der Waals surface area contributed by atoms with Gasteiger partial charge in [0.05, 0.1) is 6.61 Å². The molecule has 0 fully saturated rings. The molecular weight excluding hydrogens is 421 g/mol. The van der Waals surface area contributed by atoms with E-state index in [1.54, 1.807) is 12.1 Å². The van der Waals surface area contributed by atoms with Gasteiger partial charge in [-0.15, -0.1) is 0 Å². The molecule has 0 aliphatic rings. The first-order chi connectivity index (χ1) is 16.0. The molecule has 1 N–H and O–H groups in total. The van der Waals surface area contributed by atoms with E-state index in [9.17, 15) is 9.18 Å². The molecule has 3 rings (SSSR count). The van der Waals surface area contributed by atoms with Gasteiger partial charge in [-0.25, -0.2) is 9.37 Å². The van der Waals surface area contributed by atoms with Gasteiger partial charge in [-0.2, -0.15) is 0 Å². The van der Waals surface area contributed by atoms with E-state index < -0.39 is 0 Å². The maximum Gasteiger partial charge on any atom is 0.246 e. The summed E-state index contributed by atoms with van der Waals surface area (Å²) in [4.78, 5) is 18.9. The van der Waals surface area contributed by atoms with Crippen LogP contribution < -0.4 is 5.32 Å². The van der Waals surface area contributed by atoms with Gasteiger partial charge in [0.15, 0.2) is 0 Å². The Hall–Kier alpha value is -3.03. The van der Waals surface area contributed by atoms with Crippen molar-refractivity contribution < 1.29 is 18.3 Å². The van der Waals surface area contributed by atoms with Crippen molar-refractivity contribution in [2.45, 2.75) is 40.3 Å². The molecule has 0 spiro atoms. The number of carbonyl (C=O) groups excluding carboxylic acids is 1. The van der Waals surface area contributed by atoms with E-state index in [4.69, 9.17) is 9.15 Å². The fourth-order valence-corrected chi connectivity index (χ4v) is 3.43.